The number of nitrogens with zero attached hydrogens (tertiary/aromatic N) is 1. The van der Waals surface area contributed by atoms with Crippen molar-refractivity contribution in [3.63, 3.8) is 0 Å². The second-order valence-electron chi connectivity index (χ2n) is 28.3. The summed E-state index contributed by atoms with van der Waals surface area (Å²) < 4.78 is 23.1. The summed E-state index contributed by atoms with van der Waals surface area (Å²) in [5.41, 5.74) is 0. The summed E-state index contributed by atoms with van der Waals surface area (Å²) in [6.07, 6.45) is 103. The first kappa shape index (κ1) is 91.2. The lowest BCUT2D eigenvalue weighted by Crippen LogP contribution is -2.40. The first-order valence-corrected chi connectivity index (χ1v) is 40.4. The number of carbonyl (C=O) groups excluding carboxylic acids is 2. The van der Waals surface area contributed by atoms with Crippen LogP contribution in [-0.2, 0) is 33.3 Å². The van der Waals surface area contributed by atoms with Crippen molar-refractivity contribution >= 4 is 17.9 Å². The average molecular weight is 1330 g/mol. The molecule has 0 bridgehead atoms. The second kappa shape index (κ2) is 76.0. The van der Waals surface area contributed by atoms with Gasteiger partial charge in [0.15, 0.2) is 6.10 Å². The SMILES string of the molecule is CC/C=C\C/C=C\C/C=C\C/C=C\C/C=C\C/C=C\C/C=C\CCCCCCCCCCCCCC(=O)OC(COC(=O)CCCCCCCCCCCCCCCCCCCCCCCCCCC/C=C\CCCCCCCCCC)COC(OCC[N+](C)(C)C)C(=O)O. The summed E-state index contributed by atoms with van der Waals surface area (Å²) in [6, 6.07) is 0. The molecular weight excluding hydrogens is 1170 g/mol. The van der Waals surface area contributed by atoms with E-state index in [2.05, 4.69) is 111 Å². The Hall–Kier alpha value is -3.79. The lowest BCUT2D eigenvalue weighted by Gasteiger charge is -2.25. The molecule has 0 saturated carbocycles. The van der Waals surface area contributed by atoms with Crippen molar-refractivity contribution in [1.82, 2.24) is 0 Å². The number of carbonyl (C=O) groups is 3. The van der Waals surface area contributed by atoms with Crippen LogP contribution in [0.1, 0.15) is 373 Å². The van der Waals surface area contributed by atoms with E-state index in [0.29, 0.717) is 23.9 Å². The number of carboxylic acids is 1. The van der Waals surface area contributed by atoms with Gasteiger partial charge in [-0.1, -0.05) is 361 Å². The topological polar surface area (TPSA) is 108 Å². The van der Waals surface area contributed by atoms with E-state index >= 15 is 0 Å². The van der Waals surface area contributed by atoms with Gasteiger partial charge in [-0.3, -0.25) is 9.59 Å². The van der Waals surface area contributed by atoms with Crippen LogP contribution in [0.4, 0.5) is 0 Å². The van der Waals surface area contributed by atoms with E-state index in [1.54, 1.807) is 0 Å². The summed E-state index contributed by atoms with van der Waals surface area (Å²) in [7, 11) is 5.99. The molecule has 0 saturated heterocycles. The number of quaternary nitrogens is 1. The smallest absolute Gasteiger partial charge is 0.361 e. The molecule has 550 valence electrons. The number of hydrogen-bond donors (Lipinski definition) is 1. The minimum atomic E-state index is -1.52. The predicted octanol–water partition coefficient (Wildman–Crippen LogP) is 25.9. The molecule has 0 fully saturated rings. The highest BCUT2D eigenvalue weighted by Gasteiger charge is 2.25. The second-order valence-corrected chi connectivity index (χ2v) is 28.3. The van der Waals surface area contributed by atoms with Crippen LogP contribution >= 0.6 is 0 Å². The van der Waals surface area contributed by atoms with Crippen molar-refractivity contribution in [3.05, 3.63) is 97.2 Å². The minimum absolute atomic E-state index is 0.183. The van der Waals surface area contributed by atoms with Gasteiger partial charge in [-0.25, -0.2) is 4.79 Å². The molecule has 0 heterocycles. The third-order valence-electron chi connectivity index (χ3n) is 17.8. The van der Waals surface area contributed by atoms with Gasteiger partial charge < -0.3 is 28.5 Å². The van der Waals surface area contributed by atoms with Crippen LogP contribution in [0.3, 0.4) is 0 Å². The molecule has 2 atom stereocenters. The van der Waals surface area contributed by atoms with Crippen molar-refractivity contribution in [2.45, 2.75) is 386 Å². The first-order chi connectivity index (χ1) is 46.6. The highest BCUT2D eigenvalue weighted by Crippen LogP contribution is 2.19. The summed E-state index contributed by atoms with van der Waals surface area (Å²) in [5, 5.41) is 9.77. The normalized spacial score (nSPS) is 13.1. The van der Waals surface area contributed by atoms with Gasteiger partial charge in [0.25, 0.3) is 6.29 Å². The van der Waals surface area contributed by atoms with Crippen LogP contribution < -0.4 is 0 Å². The summed E-state index contributed by atoms with van der Waals surface area (Å²) in [5.74, 6) is -1.99. The Morgan fingerprint density at radius 2 is 0.600 bits per heavy atom. The molecule has 0 aromatic heterocycles. The molecule has 2 unspecified atom stereocenters. The zero-order valence-corrected chi connectivity index (χ0v) is 63.1. The van der Waals surface area contributed by atoms with Crippen molar-refractivity contribution < 1.29 is 42.9 Å². The Morgan fingerprint density at radius 3 is 0.905 bits per heavy atom. The Kier molecular flexibility index (Phi) is 72.9. The Labute approximate surface area is 588 Å². The predicted molar refractivity (Wildman–Crippen MR) is 410 cm³/mol. The highest BCUT2D eigenvalue weighted by molar-refractivity contribution is 5.71. The number of aliphatic carboxylic acids is 1. The van der Waals surface area contributed by atoms with Crippen LogP contribution in [-0.4, -0.2) is 87.4 Å². The molecular formula is C86H154NO8+. The van der Waals surface area contributed by atoms with Gasteiger partial charge in [0, 0.05) is 12.8 Å². The van der Waals surface area contributed by atoms with E-state index in [-0.39, 0.29) is 32.2 Å². The fourth-order valence-corrected chi connectivity index (χ4v) is 11.7. The summed E-state index contributed by atoms with van der Waals surface area (Å²) in [4.78, 5) is 37.7. The summed E-state index contributed by atoms with van der Waals surface area (Å²) >= 11 is 0. The monoisotopic (exact) mass is 1330 g/mol. The Morgan fingerprint density at radius 1 is 0.326 bits per heavy atom. The van der Waals surface area contributed by atoms with Crippen LogP contribution in [0.25, 0.3) is 0 Å². The molecule has 9 nitrogen and oxygen atoms in total. The number of likely N-dealkylation sites (N-methyl/N-ethyl adjacent to an activating group) is 1. The average Bonchev–Trinajstić information content (AvgIpc) is 3.75. The van der Waals surface area contributed by atoms with Crippen molar-refractivity contribution in [2.24, 2.45) is 0 Å². The standard InChI is InChI=1S/C86H153NO8/c1-6-8-10-12-14-16-18-20-22-24-26-28-30-32-34-36-38-40-41-42-43-45-46-48-50-52-54-56-58-60-62-64-66-68-70-72-74-76-83(88)93-80-82(81-94-86(85(90)91)92-79-78-87(3,4)5)95-84(89)77-75-73-71-69-67-65-63-61-59-57-55-53-51-49-47-44-39-37-35-33-31-29-27-25-23-21-19-17-15-13-11-9-7-2/h9,11,15,17,21,23-24,26-27,29,33,35,39,44,49,51,82,86H,6-8,10,12-14,16,18-20,22,25,28,30-32,34,36-38,40-43,45-48,50,52-81H2,1-5H3/p+1/b11-9-,17-15-,23-21-,26-24-,29-27-,35-33-,44-39-,51-49-. The number of ether oxygens (including phenoxy) is 4. The molecule has 0 aliphatic carbocycles. The van der Waals surface area contributed by atoms with Gasteiger partial charge in [0.05, 0.1) is 34.4 Å². The van der Waals surface area contributed by atoms with Gasteiger partial charge in [0.2, 0.25) is 0 Å². The Balaban J connectivity index is 4.01. The maximum atomic E-state index is 13.0. The number of hydrogen-bond acceptors (Lipinski definition) is 7. The maximum absolute atomic E-state index is 13.0. The zero-order chi connectivity index (χ0) is 69.0. The number of unbranched alkanes of at least 4 members (excludes halogenated alkanes) is 44. The van der Waals surface area contributed by atoms with Gasteiger partial charge in [0.1, 0.15) is 13.2 Å². The molecule has 0 aromatic carbocycles. The van der Waals surface area contributed by atoms with Gasteiger partial charge in [-0.05, 0) is 96.3 Å². The van der Waals surface area contributed by atoms with E-state index in [9.17, 15) is 19.5 Å². The van der Waals surface area contributed by atoms with Crippen LogP contribution in [0.15, 0.2) is 97.2 Å². The van der Waals surface area contributed by atoms with Crippen LogP contribution in [0, 0.1) is 0 Å². The fourth-order valence-electron chi connectivity index (χ4n) is 11.7. The van der Waals surface area contributed by atoms with Gasteiger partial charge >= 0.3 is 17.9 Å². The summed E-state index contributed by atoms with van der Waals surface area (Å²) in [6.45, 7) is 4.81. The molecule has 0 radical (unpaired) electrons. The third kappa shape index (κ3) is 77.4. The minimum Gasteiger partial charge on any atom is -0.477 e. The van der Waals surface area contributed by atoms with Crippen molar-refractivity contribution in [2.75, 3.05) is 47.5 Å². The number of allylic oxidation sites excluding steroid dienone is 16. The molecule has 0 aromatic rings. The third-order valence-corrected chi connectivity index (χ3v) is 17.8. The molecule has 0 spiro atoms. The molecule has 1 N–H and O–H groups in total. The zero-order valence-electron chi connectivity index (χ0n) is 63.1. The molecule has 0 aliphatic heterocycles. The van der Waals surface area contributed by atoms with E-state index in [4.69, 9.17) is 18.9 Å². The molecule has 0 rings (SSSR count). The number of esters is 2. The quantitative estimate of drug-likeness (QED) is 0.0211. The van der Waals surface area contributed by atoms with Crippen LogP contribution in [0.2, 0.25) is 0 Å². The Bertz CT molecular complexity index is 1890. The molecule has 0 amide bonds. The number of rotatable bonds is 75. The molecule has 95 heavy (non-hydrogen) atoms. The molecule has 9 heteroatoms. The van der Waals surface area contributed by atoms with E-state index in [1.807, 2.05) is 21.1 Å². The van der Waals surface area contributed by atoms with Gasteiger partial charge in [-0.2, -0.15) is 0 Å². The van der Waals surface area contributed by atoms with Gasteiger partial charge in [-0.15, -0.1) is 0 Å². The first-order valence-electron chi connectivity index (χ1n) is 40.4. The maximum Gasteiger partial charge on any atom is 0.361 e. The van der Waals surface area contributed by atoms with Crippen molar-refractivity contribution in [3.8, 4) is 0 Å². The van der Waals surface area contributed by atoms with E-state index in [0.717, 1.165) is 89.9 Å². The molecule has 0 aliphatic rings. The lowest BCUT2D eigenvalue weighted by atomic mass is 10.0. The largest absolute Gasteiger partial charge is 0.477 e. The highest BCUT2D eigenvalue weighted by atomic mass is 16.7. The fraction of sp³-hybridized carbons (Fsp3) is 0.779. The van der Waals surface area contributed by atoms with Crippen LogP contribution in [0.5, 0.6) is 0 Å². The lowest BCUT2D eigenvalue weighted by molar-refractivity contribution is -0.870. The van der Waals surface area contributed by atoms with Crippen molar-refractivity contribution in [1.29, 1.82) is 0 Å². The van der Waals surface area contributed by atoms with E-state index < -0.39 is 24.3 Å². The number of carboxylic acid groups (broad SMARTS) is 1. The van der Waals surface area contributed by atoms with E-state index in [1.165, 1.54) is 250 Å².